The van der Waals surface area contributed by atoms with Crippen LogP contribution in [0.2, 0.25) is 0 Å². The molecule has 0 atom stereocenters. The number of nitrogens with two attached hydrogens (primary N) is 1. The van der Waals surface area contributed by atoms with Gasteiger partial charge in [-0.1, -0.05) is 65.0 Å². The average molecular weight is 294 g/mol. The van der Waals surface area contributed by atoms with E-state index in [0.29, 0.717) is 12.5 Å². The Morgan fingerprint density at radius 1 is 1.24 bits per heavy atom. The van der Waals surface area contributed by atoms with Crippen LogP contribution in [0, 0.1) is 5.92 Å². The van der Waals surface area contributed by atoms with E-state index in [0.717, 1.165) is 4.47 Å². The Balaban J connectivity index is 2.19. The predicted molar refractivity (Wildman–Crippen MR) is 77.7 cm³/mol. The van der Waals surface area contributed by atoms with E-state index in [1.807, 2.05) is 6.07 Å². The first kappa shape index (κ1) is 12.8. The molecule has 1 aromatic rings. The van der Waals surface area contributed by atoms with Gasteiger partial charge in [0.05, 0.1) is 0 Å². The fraction of sp³-hybridized carbons (Fsp3) is 0.467. The van der Waals surface area contributed by atoms with Crippen molar-refractivity contribution in [2.75, 3.05) is 6.54 Å². The lowest BCUT2D eigenvalue weighted by Gasteiger charge is -2.24. The zero-order valence-electron chi connectivity index (χ0n) is 10.2. The van der Waals surface area contributed by atoms with Gasteiger partial charge in [-0.05, 0) is 30.4 Å². The fourth-order valence-electron chi connectivity index (χ4n) is 2.61. The molecule has 2 heteroatoms. The minimum atomic E-state index is 0.687. The van der Waals surface area contributed by atoms with E-state index in [9.17, 15) is 0 Å². The number of rotatable bonds is 3. The summed E-state index contributed by atoms with van der Waals surface area (Å²) in [6.07, 6.45) is 9.01. The van der Waals surface area contributed by atoms with Gasteiger partial charge in [-0.15, -0.1) is 0 Å². The van der Waals surface area contributed by atoms with E-state index in [1.54, 1.807) is 0 Å². The van der Waals surface area contributed by atoms with Crippen molar-refractivity contribution in [2.45, 2.75) is 32.1 Å². The molecule has 0 spiro atoms. The maximum absolute atomic E-state index is 5.92. The maximum atomic E-state index is 5.92. The Kier molecular flexibility index (Phi) is 4.81. The van der Waals surface area contributed by atoms with Crippen LogP contribution in [0.15, 0.2) is 34.3 Å². The fourth-order valence-corrected chi connectivity index (χ4v) is 3.01. The minimum absolute atomic E-state index is 0.687. The van der Waals surface area contributed by atoms with E-state index in [-0.39, 0.29) is 0 Å². The highest BCUT2D eigenvalue weighted by Gasteiger charge is 2.16. The zero-order valence-corrected chi connectivity index (χ0v) is 11.7. The van der Waals surface area contributed by atoms with Gasteiger partial charge in [-0.25, -0.2) is 0 Å². The molecule has 1 saturated carbocycles. The summed E-state index contributed by atoms with van der Waals surface area (Å²) in [5.74, 6) is 0.709. The molecule has 92 valence electrons. The van der Waals surface area contributed by atoms with E-state index in [2.05, 4.69) is 40.2 Å². The molecule has 0 amide bonds. The lowest BCUT2D eigenvalue weighted by atomic mass is 9.83. The quantitative estimate of drug-likeness (QED) is 0.880. The molecular weight excluding hydrogens is 274 g/mol. The van der Waals surface area contributed by atoms with Crippen LogP contribution in [0.4, 0.5) is 0 Å². The molecular formula is C15H20BrN. The molecule has 0 aliphatic heterocycles. The first-order chi connectivity index (χ1) is 8.31. The summed E-state index contributed by atoms with van der Waals surface area (Å²) in [4.78, 5) is 0. The van der Waals surface area contributed by atoms with Crippen molar-refractivity contribution >= 4 is 22.0 Å². The topological polar surface area (TPSA) is 26.0 Å². The van der Waals surface area contributed by atoms with Crippen LogP contribution in [0.3, 0.4) is 0 Å². The summed E-state index contributed by atoms with van der Waals surface area (Å²) in [6.45, 7) is 0.687. The number of benzene rings is 1. The van der Waals surface area contributed by atoms with Crippen LogP contribution >= 0.6 is 15.9 Å². The van der Waals surface area contributed by atoms with E-state index < -0.39 is 0 Å². The van der Waals surface area contributed by atoms with E-state index in [4.69, 9.17) is 5.73 Å². The zero-order chi connectivity index (χ0) is 12.1. The molecule has 1 fully saturated rings. The summed E-state index contributed by atoms with van der Waals surface area (Å²) < 4.78 is 1.15. The average Bonchev–Trinajstić information content (AvgIpc) is 2.39. The summed E-state index contributed by atoms with van der Waals surface area (Å²) in [6, 6.07) is 8.35. The first-order valence-corrected chi connectivity index (χ1v) is 7.25. The molecule has 1 aliphatic carbocycles. The summed E-state index contributed by atoms with van der Waals surface area (Å²) in [5, 5.41) is 0. The highest BCUT2D eigenvalue weighted by atomic mass is 79.9. The SMILES string of the molecule is NCC(=Cc1ccccc1Br)C1CCCCC1. The van der Waals surface area contributed by atoms with Gasteiger partial charge >= 0.3 is 0 Å². The largest absolute Gasteiger partial charge is 0.327 e. The molecule has 0 unspecified atom stereocenters. The van der Waals surface area contributed by atoms with Gasteiger partial charge in [-0.3, -0.25) is 0 Å². The molecule has 0 heterocycles. The molecule has 1 aliphatic rings. The molecule has 2 rings (SSSR count). The lowest BCUT2D eigenvalue weighted by Crippen LogP contribution is -2.16. The van der Waals surface area contributed by atoms with Crippen LogP contribution in [0.5, 0.6) is 0 Å². The second-order valence-corrected chi connectivity index (χ2v) is 5.63. The second kappa shape index (κ2) is 6.36. The first-order valence-electron chi connectivity index (χ1n) is 6.46. The van der Waals surface area contributed by atoms with Crippen LogP contribution < -0.4 is 5.73 Å². The highest BCUT2D eigenvalue weighted by molar-refractivity contribution is 9.10. The third-order valence-electron chi connectivity index (χ3n) is 3.61. The summed E-state index contributed by atoms with van der Waals surface area (Å²) in [5.41, 5.74) is 8.58. The summed E-state index contributed by atoms with van der Waals surface area (Å²) >= 11 is 3.59. The summed E-state index contributed by atoms with van der Waals surface area (Å²) in [7, 11) is 0. The normalized spacial score (nSPS) is 18.4. The standard InChI is InChI=1S/C15H20BrN/c16-15-9-5-4-8-13(15)10-14(11-17)12-6-2-1-3-7-12/h4-5,8-10,12H,1-3,6-7,11,17H2. The molecule has 17 heavy (non-hydrogen) atoms. The van der Waals surface area contributed by atoms with Crippen LogP contribution in [0.25, 0.3) is 6.08 Å². The van der Waals surface area contributed by atoms with Crippen molar-refractivity contribution in [2.24, 2.45) is 11.7 Å². The second-order valence-electron chi connectivity index (χ2n) is 4.78. The van der Waals surface area contributed by atoms with Crippen molar-refractivity contribution in [3.8, 4) is 0 Å². The van der Waals surface area contributed by atoms with Crippen molar-refractivity contribution in [1.29, 1.82) is 0 Å². The third kappa shape index (κ3) is 3.43. The van der Waals surface area contributed by atoms with Gasteiger partial charge in [0.15, 0.2) is 0 Å². The van der Waals surface area contributed by atoms with E-state index in [1.165, 1.54) is 43.2 Å². The molecule has 0 saturated heterocycles. The van der Waals surface area contributed by atoms with Crippen molar-refractivity contribution in [3.05, 3.63) is 39.9 Å². The molecule has 0 aromatic heterocycles. The van der Waals surface area contributed by atoms with Crippen molar-refractivity contribution < 1.29 is 0 Å². The maximum Gasteiger partial charge on any atom is 0.0247 e. The molecule has 0 bridgehead atoms. The van der Waals surface area contributed by atoms with Crippen LogP contribution in [-0.2, 0) is 0 Å². The molecule has 1 nitrogen and oxygen atoms in total. The molecule has 1 aromatic carbocycles. The van der Waals surface area contributed by atoms with Gasteiger partial charge in [0, 0.05) is 11.0 Å². The van der Waals surface area contributed by atoms with Gasteiger partial charge < -0.3 is 5.73 Å². The molecule has 0 radical (unpaired) electrons. The Labute approximate surface area is 112 Å². The monoisotopic (exact) mass is 293 g/mol. The van der Waals surface area contributed by atoms with E-state index >= 15 is 0 Å². The number of hydrogen-bond donors (Lipinski definition) is 1. The van der Waals surface area contributed by atoms with Crippen LogP contribution in [-0.4, -0.2) is 6.54 Å². The van der Waals surface area contributed by atoms with Gasteiger partial charge in [0.2, 0.25) is 0 Å². The Hall–Kier alpha value is -0.600. The Morgan fingerprint density at radius 3 is 2.59 bits per heavy atom. The minimum Gasteiger partial charge on any atom is -0.327 e. The predicted octanol–water partition coefficient (Wildman–Crippen LogP) is 4.37. The third-order valence-corrected chi connectivity index (χ3v) is 4.33. The molecule has 2 N–H and O–H groups in total. The van der Waals surface area contributed by atoms with Gasteiger partial charge in [-0.2, -0.15) is 0 Å². The Bertz CT molecular complexity index is 392. The number of halogens is 1. The number of hydrogen-bond acceptors (Lipinski definition) is 1. The van der Waals surface area contributed by atoms with Crippen molar-refractivity contribution in [1.82, 2.24) is 0 Å². The van der Waals surface area contributed by atoms with Gasteiger partial charge in [0.25, 0.3) is 0 Å². The lowest BCUT2D eigenvalue weighted by molar-refractivity contribution is 0.401. The van der Waals surface area contributed by atoms with Crippen molar-refractivity contribution in [3.63, 3.8) is 0 Å². The van der Waals surface area contributed by atoms with Crippen LogP contribution in [0.1, 0.15) is 37.7 Å². The smallest absolute Gasteiger partial charge is 0.0247 e. The Morgan fingerprint density at radius 2 is 1.94 bits per heavy atom. The highest BCUT2D eigenvalue weighted by Crippen LogP contribution is 2.31. The van der Waals surface area contributed by atoms with Gasteiger partial charge in [0.1, 0.15) is 0 Å².